The predicted molar refractivity (Wildman–Crippen MR) is 68.1 cm³/mol. The Morgan fingerprint density at radius 1 is 1.32 bits per heavy atom. The van der Waals surface area contributed by atoms with Crippen molar-refractivity contribution in [1.29, 1.82) is 0 Å². The molecule has 0 radical (unpaired) electrons. The van der Waals surface area contributed by atoms with Gasteiger partial charge in [-0.2, -0.15) is 4.98 Å². The number of aromatic nitrogens is 3. The lowest BCUT2D eigenvalue weighted by Crippen LogP contribution is -2.10. The van der Waals surface area contributed by atoms with Crippen LogP contribution in [0.4, 0.5) is 0 Å². The normalized spacial score (nSPS) is 10.2. The van der Waals surface area contributed by atoms with E-state index < -0.39 is 0 Å². The maximum atomic E-state index is 11.1. The molecule has 6 nitrogen and oxygen atoms in total. The number of carbonyl (C=O) groups is 1. The highest BCUT2D eigenvalue weighted by atomic mass is 16.5. The van der Waals surface area contributed by atoms with E-state index in [0.29, 0.717) is 6.61 Å². The summed E-state index contributed by atoms with van der Waals surface area (Å²) in [6.07, 6.45) is 1.75. The molecule has 0 atom stereocenters. The molecule has 0 unspecified atom stereocenters. The Bertz CT molecular complexity index is 525. The van der Waals surface area contributed by atoms with Gasteiger partial charge in [-0.1, -0.05) is 18.2 Å². The van der Waals surface area contributed by atoms with Crippen LogP contribution < -0.4 is 4.74 Å². The standard InChI is InChI=1S/C13H15N3O3/c1-2-18-12(17)8-9-19-13-14-10-16(15-13)11-6-4-3-5-7-11/h3-7,10H,2,8-9H2,1H3. The lowest BCUT2D eigenvalue weighted by Gasteiger charge is -2.02. The Balaban J connectivity index is 1.86. The summed E-state index contributed by atoms with van der Waals surface area (Å²) < 4.78 is 11.7. The van der Waals surface area contributed by atoms with Crippen molar-refractivity contribution < 1.29 is 14.3 Å². The first-order chi connectivity index (χ1) is 9.29. The van der Waals surface area contributed by atoms with Gasteiger partial charge in [-0.05, 0) is 19.1 Å². The third-order valence-corrected chi connectivity index (χ3v) is 2.33. The van der Waals surface area contributed by atoms with Gasteiger partial charge in [0.2, 0.25) is 0 Å². The minimum atomic E-state index is -0.287. The molecule has 0 aliphatic rings. The molecule has 19 heavy (non-hydrogen) atoms. The van der Waals surface area contributed by atoms with E-state index in [1.165, 1.54) is 0 Å². The van der Waals surface area contributed by atoms with Gasteiger partial charge >= 0.3 is 12.0 Å². The van der Waals surface area contributed by atoms with Gasteiger partial charge in [-0.25, -0.2) is 4.68 Å². The highest BCUT2D eigenvalue weighted by Gasteiger charge is 2.06. The number of esters is 1. The maximum Gasteiger partial charge on any atom is 0.335 e. The first kappa shape index (κ1) is 13.1. The summed E-state index contributed by atoms with van der Waals surface area (Å²) in [5.74, 6) is -0.287. The lowest BCUT2D eigenvalue weighted by atomic mass is 10.3. The van der Waals surface area contributed by atoms with Crippen molar-refractivity contribution in [2.24, 2.45) is 0 Å². The van der Waals surface area contributed by atoms with E-state index in [9.17, 15) is 4.79 Å². The summed E-state index contributed by atoms with van der Waals surface area (Å²) >= 11 is 0. The molecule has 100 valence electrons. The van der Waals surface area contributed by atoms with Crippen LogP contribution in [0.5, 0.6) is 6.01 Å². The number of para-hydroxylation sites is 1. The smallest absolute Gasteiger partial charge is 0.335 e. The van der Waals surface area contributed by atoms with Crippen molar-refractivity contribution in [3.8, 4) is 11.7 Å². The van der Waals surface area contributed by atoms with E-state index in [-0.39, 0.29) is 25.0 Å². The van der Waals surface area contributed by atoms with Crippen LogP contribution >= 0.6 is 0 Å². The molecule has 0 saturated heterocycles. The summed E-state index contributed by atoms with van der Waals surface area (Å²) in [5, 5.41) is 4.15. The number of ether oxygens (including phenoxy) is 2. The molecular formula is C13H15N3O3. The first-order valence-electron chi connectivity index (χ1n) is 6.05. The van der Waals surface area contributed by atoms with Gasteiger partial charge in [-0.3, -0.25) is 4.79 Å². The quantitative estimate of drug-likeness (QED) is 0.739. The third kappa shape index (κ3) is 3.80. The highest BCUT2D eigenvalue weighted by molar-refractivity contribution is 5.69. The molecule has 0 N–H and O–H groups in total. The average molecular weight is 261 g/mol. The predicted octanol–water partition coefficient (Wildman–Crippen LogP) is 1.60. The molecule has 0 aliphatic carbocycles. The minimum Gasteiger partial charge on any atom is -0.466 e. The number of nitrogens with zero attached hydrogens (tertiary/aromatic N) is 3. The van der Waals surface area contributed by atoms with Crippen LogP contribution in [0.15, 0.2) is 36.7 Å². The maximum absolute atomic E-state index is 11.1. The molecular weight excluding hydrogens is 246 g/mol. The molecule has 0 bridgehead atoms. The number of hydrogen-bond donors (Lipinski definition) is 0. The fourth-order valence-corrected chi connectivity index (χ4v) is 1.48. The van der Waals surface area contributed by atoms with E-state index in [4.69, 9.17) is 9.47 Å². The van der Waals surface area contributed by atoms with Crippen LogP contribution in [0.3, 0.4) is 0 Å². The fraction of sp³-hybridized carbons (Fsp3) is 0.308. The van der Waals surface area contributed by atoms with Crippen molar-refractivity contribution in [3.05, 3.63) is 36.7 Å². The van der Waals surface area contributed by atoms with Crippen molar-refractivity contribution in [3.63, 3.8) is 0 Å². The summed E-state index contributed by atoms with van der Waals surface area (Å²) in [7, 11) is 0. The third-order valence-electron chi connectivity index (χ3n) is 2.33. The molecule has 1 aromatic carbocycles. The molecule has 2 rings (SSSR count). The van der Waals surface area contributed by atoms with Crippen LogP contribution in [-0.4, -0.2) is 33.9 Å². The zero-order chi connectivity index (χ0) is 13.5. The largest absolute Gasteiger partial charge is 0.466 e. The molecule has 0 fully saturated rings. The summed E-state index contributed by atoms with van der Waals surface area (Å²) in [6.45, 7) is 2.35. The second-order valence-electron chi connectivity index (χ2n) is 3.71. The zero-order valence-corrected chi connectivity index (χ0v) is 10.7. The number of hydrogen-bond acceptors (Lipinski definition) is 5. The van der Waals surface area contributed by atoms with Crippen molar-refractivity contribution >= 4 is 5.97 Å². The van der Waals surface area contributed by atoms with E-state index in [1.807, 2.05) is 30.3 Å². The van der Waals surface area contributed by atoms with Crippen LogP contribution in [0, 0.1) is 0 Å². The van der Waals surface area contributed by atoms with Crippen LogP contribution in [0.25, 0.3) is 5.69 Å². The fourth-order valence-electron chi connectivity index (χ4n) is 1.48. The van der Waals surface area contributed by atoms with E-state index in [0.717, 1.165) is 5.69 Å². The van der Waals surface area contributed by atoms with Gasteiger partial charge < -0.3 is 9.47 Å². The highest BCUT2D eigenvalue weighted by Crippen LogP contribution is 2.08. The van der Waals surface area contributed by atoms with Gasteiger partial charge in [-0.15, -0.1) is 5.10 Å². The van der Waals surface area contributed by atoms with Gasteiger partial charge in [0.25, 0.3) is 0 Å². The Morgan fingerprint density at radius 3 is 2.84 bits per heavy atom. The van der Waals surface area contributed by atoms with Crippen LogP contribution in [0.2, 0.25) is 0 Å². The summed E-state index contributed by atoms with van der Waals surface area (Å²) in [6, 6.07) is 9.83. The number of carbonyl (C=O) groups excluding carboxylic acids is 1. The molecule has 0 saturated carbocycles. The Kier molecular flexibility index (Phi) is 4.49. The number of benzene rings is 1. The van der Waals surface area contributed by atoms with E-state index in [2.05, 4.69) is 10.1 Å². The minimum absolute atomic E-state index is 0.188. The SMILES string of the molecule is CCOC(=O)CCOc1ncn(-c2ccccc2)n1. The Morgan fingerprint density at radius 2 is 2.11 bits per heavy atom. The molecule has 1 heterocycles. The topological polar surface area (TPSA) is 66.2 Å². The summed E-state index contributed by atoms with van der Waals surface area (Å²) in [4.78, 5) is 15.1. The van der Waals surface area contributed by atoms with E-state index in [1.54, 1.807) is 17.9 Å². The molecule has 6 heteroatoms. The van der Waals surface area contributed by atoms with Crippen molar-refractivity contribution in [1.82, 2.24) is 14.8 Å². The Hall–Kier alpha value is -2.37. The second-order valence-corrected chi connectivity index (χ2v) is 3.71. The summed E-state index contributed by atoms with van der Waals surface area (Å²) in [5.41, 5.74) is 0.898. The second kappa shape index (κ2) is 6.53. The lowest BCUT2D eigenvalue weighted by molar-refractivity contribution is -0.143. The average Bonchev–Trinajstić information content (AvgIpc) is 2.89. The van der Waals surface area contributed by atoms with Crippen LogP contribution in [0.1, 0.15) is 13.3 Å². The molecule has 0 amide bonds. The van der Waals surface area contributed by atoms with Crippen LogP contribution in [-0.2, 0) is 9.53 Å². The monoisotopic (exact) mass is 261 g/mol. The molecule has 0 aliphatic heterocycles. The molecule has 1 aromatic heterocycles. The first-order valence-corrected chi connectivity index (χ1v) is 6.05. The van der Waals surface area contributed by atoms with Gasteiger partial charge in [0, 0.05) is 0 Å². The van der Waals surface area contributed by atoms with Gasteiger partial charge in [0.1, 0.15) is 12.9 Å². The number of rotatable bonds is 6. The van der Waals surface area contributed by atoms with Gasteiger partial charge in [0.05, 0.1) is 18.7 Å². The molecule has 0 spiro atoms. The molecule has 2 aromatic rings. The Labute approximate surface area is 111 Å². The van der Waals surface area contributed by atoms with Gasteiger partial charge in [0.15, 0.2) is 0 Å². The van der Waals surface area contributed by atoms with Crippen molar-refractivity contribution in [2.75, 3.05) is 13.2 Å². The van der Waals surface area contributed by atoms with E-state index >= 15 is 0 Å². The zero-order valence-electron chi connectivity index (χ0n) is 10.7. The van der Waals surface area contributed by atoms with Crippen molar-refractivity contribution in [2.45, 2.75) is 13.3 Å².